The summed E-state index contributed by atoms with van der Waals surface area (Å²) < 4.78 is 19.7. The van der Waals surface area contributed by atoms with Crippen LogP contribution in [0.2, 0.25) is 0 Å². The van der Waals surface area contributed by atoms with Gasteiger partial charge in [0.15, 0.2) is 5.82 Å². The Morgan fingerprint density at radius 3 is 2.65 bits per heavy atom. The van der Waals surface area contributed by atoms with Gasteiger partial charge in [0.2, 0.25) is 0 Å². The van der Waals surface area contributed by atoms with Crippen LogP contribution in [0.4, 0.5) is 4.39 Å². The van der Waals surface area contributed by atoms with Gasteiger partial charge in [-0.2, -0.15) is 4.68 Å². The van der Waals surface area contributed by atoms with Crippen LogP contribution >= 0.6 is 0 Å². The van der Waals surface area contributed by atoms with Gasteiger partial charge in [-0.15, -0.1) is 5.10 Å². The third-order valence-corrected chi connectivity index (χ3v) is 3.42. The van der Waals surface area contributed by atoms with Gasteiger partial charge in [-0.05, 0) is 46.8 Å². The molecule has 6 nitrogen and oxygen atoms in total. The number of para-hydroxylation sites is 1. The molecule has 4 rings (SSSR count). The van der Waals surface area contributed by atoms with Crippen molar-refractivity contribution in [3.05, 3.63) is 70.8 Å². The summed E-state index contributed by atoms with van der Waals surface area (Å²) in [5.41, 5.74) is 0.723. The lowest BCUT2D eigenvalue weighted by Gasteiger charge is -2.04. The minimum Gasteiger partial charge on any atom is -0.422 e. The molecule has 0 fully saturated rings. The second-order valence-corrected chi connectivity index (χ2v) is 4.88. The third kappa shape index (κ3) is 2.28. The van der Waals surface area contributed by atoms with Crippen LogP contribution in [0.3, 0.4) is 0 Å². The van der Waals surface area contributed by atoms with Crippen LogP contribution in [0.5, 0.6) is 0 Å². The molecule has 7 heteroatoms. The van der Waals surface area contributed by atoms with Gasteiger partial charge in [-0.25, -0.2) is 9.18 Å². The topological polar surface area (TPSA) is 73.8 Å². The summed E-state index contributed by atoms with van der Waals surface area (Å²) in [5, 5.41) is 12.1. The van der Waals surface area contributed by atoms with Crippen molar-refractivity contribution in [2.75, 3.05) is 0 Å². The lowest BCUT2D eigenvalue weighted by molar-refractivity contribution is 0.562. The fraction of sp³-hybridized carbons (Fsp3) is 0. The summed E-state index contributed by atoms with van der Waals surface area (Å²) in [6.45, 7) is 0. The number of rotatable bonds is 2. The minimum atomic E-state index is -0.540. The van der Waals surface area contributed by atoms with Gasteiger partial charge in [-0.3, -0.25) is 0 Å². The van der Waals surface area contributed by atoms with Gasteiger partial charge in [0.25, 0.3) is 0 Å². The normalized spacial score (nSPS) is 11.0. The predicted octanol–water partition coefficient (Wildman–Crippen LogP) is 2.57. The van der Waals surface area contributed by atoms with E-state index in [0.717, 1.165) is 5.39 Å². The zero-order chi connectivity index (χ0) is 15.8. The molecular weight excluding hydrogens is 299 g/mol. The Balaban J connectivity index is 1.92. The third-order valence-electron chi connectivity index (χ3n) is 3.42. The maximum atomic E-state index is 13.1. The monoisotopic (exact) mass is 308 g/mol. The first kappa shape index (κ1) is 13.3. The van der Waals surface area contributed by atoms with Gasteiger partial charge < -0.3 is 4.42 Å². The molecule has 2 aromatic carbocycles. The molecule has 4 aromatic rings. The van der Waals surface area contributed by atoms with Crippen LogP contribution in [-0.4, -0.2) is 20.2 Å². The zero-order valence-electron chi connectivity index (χ0n) is 11.7. The summed E-state index contributed by atoms with van der Waals surface area (Å²) in [6, 6.07) is 14.5. The van der Waals surface area contributed by atoms with Crippen molar-refractivity contribution in [2.45, 2.75) is 0 Å². The number of hydrogen-bond acceptors (Lipinski definition) is 5. The van der Waals surface area contributed by atoms with Crippen LogP contribution in [0.1, 0.15) is 0 Å². The maximum absolute atomic E-state index is 13.1. The predicted molar refractivity (Wildman–Crippen MR) is 80.6 cm³/mol. The number of aromatic nitrogens is 4. The Morgan fingerprint density at radius 1 is 1.04 bits per heavy atom. The second-order valence-electron chi connectivity index (χ2n) is 4.88. The maximum Gasteiger partial charge on any atom is 0.347 e. The Hall–Kier alpha value is -3.35. The fourth-order valence-corrected chi connectivity index (χ4v) is 2.33. The Bertz CT molecular complexity index is 1050. The molecule has 0 amide bonds. The van der Waals surface area contributed by atoms with Crippen molar-refractivity contribution >= 4 is 11.0 Å². The first-order chi connectivity index (χ1) is 11.2. The van der Waals surface area contributed by atoms with Gasteiger partial charge in [0.1, 0.15) is 17.0 Å². The van der Waals surface area contributed by atoms with Crippen molar-refractivity contribution in [2.24, 2.45) is 0 Å². The molecule has 0 aliphatic heterocycles. The zero-order valence-corrected chi connectivity index (χ0v) is 11.7. The van der Waals surface area contributed by atoms with E-state index in [1.165, 1.54) is 28.9 Å². The molecule has 2 heterocycles. The lowest BCUT2D eigenvalue weighted by atomic mass is 10.2. The standard InChI is InChI=1S/C16H9FN4O2/c17-11-5-7-12(8-6-11)21-15(18-19-20-21)13-9-10-3-1-2-4-14(10)23-16(13)22/h1-9H. The van der Waals surface area contributed by atoms with Crippen molar-refractivity contribution in [3.63, 3.8) is 0 Å². The molecule has 2 aromatic heterocycles. The summed E-state index contributed by atoms with van der Waals surface area (Å²) in [5.74, 6) is -0.135. The first-order valence-corrected chi connectivity index (χ1v) is 6.80. The molecule has 0 saturated heterocycles. The minimum absolute atomic E-state index is 0.233. The van der Waals surface area contributed by atoms with Crippen LogP contribution in [0.15, 0.2) is 63.8 Å². The molecule has 0 spiro atoms. The van der Waals surface area contributed by atoms with E-state index >= 15 is 0 Å². The highest BCUT2D eigenvalue weighted by atomic mass is 19.1. The number of nitrogens with zero attached hydrogens (tertiary/aromatic N) is 4. The van der Waals surface area contributed by atoms with E-state index in [4.69, 9.17) is 4.42 Å². The lowest BCUT2D eigenvalue weighted by Crippen LogP contribution is -2.08. The highest BCUT2D eigenvalue weighted by Crippen LogP contribution is 2.21. The van der Waals surface area contributed by atoms with Crippen LogP contribution in [0, 0.1) is 5.82 Å². The molecule has 0 saturated carbocycles. The van der Waals surface area contributed by atoms with E-state index in [1.54, 1.807) is 18.2 Å². The average molecular weight is 308 g/mol. The fourth-order valence-electron chi connectivity index (χ4n) is 2.33. The molecule has 0 unspecified atom stereocenters. The van der Waals surface area contributed by atoms with Gasteiger partial charge in [0, 0.05) is 5.39 Å². The molecule has 0 aliphatic rings. The highest BCUT2D eigenvalue weighted by molar-refractivity contribution is 5.80. The van der Waals surface area contributed by atoms with Gasteiger partial charge in [0.05, 0.1) is 5.69 Å². The largest absolute Gasteiger partial charge is 0.422 e. The summed E-state index contributed by atoms with van der Waals surface area (Å²) in [7, 11) is 0. The van der Waals surface area contributed by atoms with Gasteiger partial charge >= 0.3 is 5.63 Å². The highest BCUT2D eigenvalue weighted by Gasteiger charge is 2.16. The Morgan fingerprint density at radius 2 is 1.83 bits per heavy atom. The molecule has 0 atom stereocenters. The first-order valence-electron chi connectivity index (χ1n) is 6.80. The molecular formula is C16H9FN4O2. The summed E-state index contributed by atoms with van der Waals surface area (Å²) in [4.78, 5) is 12.2. The van der Waals surface area contributed by atoms with E-state index in [-0.39, 0.29) is 17.2 Å². The summed E-state index contributed by atoms with van der Waals surface area (Å²) in [6.07, 6.45) is 0. The van der Waals surface area contributed by atoms with E-state index in [0.29, 0.717) is 11.3 Å². The van der Waals surface area contributed by atoms with Crippen molar-refractivity contribution < 1.29 is 8.81 Å². The Labute approximate surface area is 128 Å². The van der Waals surface area contributed by atoms with Crippen LogP contribution < -0.4 is 5.63 Å². The number of halogens is 1. The number of fused-ring (bicyclic) bond motifs is 1. The second kappa shape index (κ2) is 5.13. The van der Waals surface area contributed by atoms with E-state index in [1.807, 2.05) is 12.1 Å². The van der Waals surface area contributed by atoms with Crippen LogP contribution in [-0.2, 0) is 0 Å². The van der Waals surface area contributed by atoms with E-state index < -0.39 is 5.63 Å². The van der Waals surface area contributed by atoms with Crippen molar-refractivity contribution in [3.8, 4) is 17.1 Å². The van der Waals surface area contributed by atoms with Gasteiger partial charge in [-0.1, -0.05) is 18.2 Å². The molecule has 112 valence electrons. The molecule has 0 radical (unpaired) electrons. The van der Waals surface area contributed by atoms with Crippen molar-refractivity contribution in [1.82, 2.24) is 20.2 Å². The smallest absolute Gasteiger partial charge is 0.347 e. The molecule has 0 N–H and O–H groups in total. The van der Waals surface area contributed by atoms with E-state index in [9.17, 15) is 9.18 Å². The Kier molecular flexibility index (Phi) is 2.97. The summed E-state index contributed by atoms with van der Waals surface area (Å²) >= 11 is 0. The van der Waals surface area contributed by atoms with Crippen LogP contribution in [0.25, 0.3) is 28.0 Å². The number of hydrogen-bond donors (Lipinski definition) is 0. The molecule has 0 bridgehead atoms. The quantitative estimate of drug-likeness (QED) is 0.532. The van der Waals surface area contributed by atoms with Crippen molar-refractivity contribution in [1.29, 1.82) is 0 Å². The van der Waals surface area contributed by atoms with E-state index in [2.05, 4.69) is 15.5 Å². The number of tetrazole rings is 1. The average Bonchev–Trinajstić information content (AvgIpc) is 3.04. The number of benzene rings is 2. The molecule has 23 heavy (non-hydrogen) atoms. The SMILES string of the molecule is O=c1oc2ccccc2cc1-c1nnnn1-c1ccc(F)cc1. The molecule has 0 aliphatic carbocycles.